The van der Waals surface area contributed by atoms with E-state index in [-0.39, 0.29) is 12.5 Å². The highest BCUT2D eigenvalue weighted by atomic mass is 79.9. The van der Waals surface area contributed by atoms with Crippen molar-refractivity contribution in [3.8, 4) is 11.8 Å². The van der Waals surface area contributed by atoms with Gasteiger partial charge in [0.05, 0.1) is 10.6 Å². The summed E-state index contributed by atoms with van der Waals surface area (Å²) >= 11 is 4.70. The lowest BCUT2D eigenvalue weighted by Gasteiger charge is -2.07. The van der Waals surface area contributed by atoms with Gasteiger partial charge >= 0.3 is 0 Å². The van der Waals surface area contributed by atoms with Gasteiger partial charge in [-0.25, -0.2) is 4.99 Å². The first-order chi connectivity index (χ1) is 14.1. The summed E-state index contributed by atoms with van der Waals surface area (Å²) in [6.45, 7) is -0.0645. The van der Waals surface area contributed by atoms with Crippen molar-refractivity contribution in [2.45, 2.75) is 0 Å². The Morgan fingerprint density at radius 3 is 2.86 bits per heavy atom. The fraction of sp³-hybridized carbons (Fsp3) is 0.0455. The van der Waals surface area contributed by atoms with E-state index in [1.807, 2.05) is 60.7 Å². The number of hydrogen-bond acceptors (Lipinski definition) is 5. The highest BCUT2D eigenvalue weighted by molar-refractivity contribution is 9.10. The highest BCUT2D eigenvalue weighted by Gasteiger charge is 2.24. The zero-order valence-corrected chi connectivity index (χ0v) is 17.5. The predicted octanol–water partition coefficient (Wildman–Crippen LogP) is 5.40. The van der Waals surface area contributed by atoms with Crippen molar-refractivity contribution in [3.63, 3.8) is 0 Å². The molecule has 1 fully saturated rings. The monoisotopic (exact) mass is 463 g/mol. The van der Waals surface area contributed by atoms with Gasteiger partial charge in [-0.05, 0) is 47.5 Å². The number of ether oxygens (including phenoxy) is 1. The summed E-state index contributed by atoms with van der Waals surface area (Å²) in [6, 6.07) is 21.3. The van der Waals surface area contributed by atoms with Gasteiger partial charge in [0.15, 0.2) is 11.8 Å². The summed E-state index contributed by atoms with van der Waals surface area (Å²) in [5.41, 5.74) is 1.51. The van der Waals surface area contributed by atoms with E-state index >= 15 is 0 Å². The molecule has 1 aliphatic rings. The minimum absolute atomic E-state index is 0.0645. The molecule has 142 valence electrons. The maximum atomic E-state index is 12.5. The Kier molecular flexibility index (Phi) is 5.65. The molecule has 0 spiro atoms. The Bertz CT molecular complexity index is 1210. The van der Waals surface area contributed by atoms with Gasteiger partial charge in [0.25, 0.3) is 5.91 Å². The van der Waals surface area contributed by atoms with Crippen molar-refractivity contribution >= 4 is 61.3 Å². The number of amides is 1. The lowest BCUT2D eigenvalue weighted by atomic mass is 10.1. The van der Waals surface area contributed by atoms with Crippen molar-refractivity contribution < 1.29 is 9.53 Å². The number of benzene rings is 3. The van der Waals surface area contributed by atoms with Crippen molar-refractivity contribution in [2.75, 3.05) is 6.61 Å². The summed E-state index contributed by atoms with van der Waals surface area (Å²) < 4.78 is 6.31. The van der Waals surface area contributed by atoms with E-state index in [9.17, 15) is 4.79 Å². The molecule has 1 aliphatic heterocycles. The number of nitrogens with one attached hydrogen (secondary N) is 1. The highest BCUT2D eigenvalue weighted by Crippen LogP contribution is 2.33. The minimum atomic E-state index is -0.222. The quantitative estimate of drug-likeness (QED) is 0.525. The predicted molar refractivity (Wildman–Crippen MR) is 120 cm³/mol. The second kappa shape index (κ2) is 8.52. The number of fused-ring (bicyclic) bond motifs is 1. The Balaban J connectivity index is 1.66. The molecule has 4 rings (SSSR count). The molecule has 0 bridgehead atoms. The zero-order chi connectivity index (χ0) is 20.2. The molecule has 0 aromatic heterocycles. The Hall–Kier alpha value is -3.08. The molecule has 0 saturated carbocycles. The molecule has 1 N–H and O–H groups in total. The number of aliphatic imine (C=N–C) groups is 1. The third-order valence-electron chi connectivity index (χ3n) is 4.19. The normalized spacial score (nSPS) is 16.2. The average molecular weight is 464 g/mol. The molecule has 0 aliphatic carbocycles. The summed E-state index contributed by atoms with van der Waals surface area (Å²) in [5.74, 6) is 0.315. The summed E-state index contributed by atoms with van der Waals surface area (Å²) in [6.07, 6.45) is 1.74. The number of thioether (sulfide) groups is 1. The summed E-state index contributed by atoms with van der Waals surface area (Å²) in [4.78, 5) is 17.6. The van der Waals surface area contributed by atoms with Crippen LogP contribution in [0.4, 0.5) is 5.69 Å². The van der Waals surface area contributed by atoms with Crippen LogP contribution in [-0.2, 0) is 4.79 Å². The molecular formula is C22H14BrN3O2S. The topological polar surface area (TPSA) is 74.5 Å². The summed E-state index contributed by atoms with van der Waals surface area (Å²) in [5, 5.41) is 14.2. The van der Waals surface area contributed by atoms with Crippen LogP contribution in [0, 0.1) is 11.3 Å². The molecule has 7 heteroatoms. The van der Waals surface area contributed by atoms with E-state index in [4.69, 9.17) is 10.00 Å². The van der Waals surface area contributed by atoms with Crippen molar-refractivity contribution in [1.82, 2.24) is 5.32 Å². The van der Waals surface area contributed by atoms with Crippen molar-refractivity contribution in [2.24, 2.45) is 4.99 Å². The fourth-order valence-electron chi connectivity index (χ4n) is 2.91. The van der Waals surface area contributed by atoms with Crippen LogP contribution in [0.15, 0.2) is 75.0 Å². The van der Waals surface area contributed by atoms with Crippen LogP contribution in [0.3, 0.4) is 0 Å². The van der Waals surface area contributed by atoms with Crippen molar-refractivity contribution in [1.29, 1.82) is 5.26 Å². The Labute approximate surface area is 180 Å². The molecule has 0 radical (unpaired) electrons. The van der Waals surface area contributed by atoms with Gasteiger partial charge in [0.2, 0.25) is 0 Å². The third kappa shape index (κ3) is 4.34. The molecule has 0 unspecified atom stereocenters. The van der Waals surface area contributed by atoms with E-state index in [1.54, 1.807) is 12.1 Å². The molecule has 3 aromatic rings. The van der Waals surface area contributed by atoms with Gasteiger partial charge in [-0.15, -0.1) is 0 Å². The molecule has 29 heavy (non-hydrogen) atoms. The van der Waals surface area contributed by atoms with Gasteiger partial charge in [-0.3, -0.25) is 4.79 Å². The van der Waals surface area contributed by atoms with Gasteiger partial charge in [0, 0.05) is 15.4 Å². The van der Waals surface area contributed by atoms with Crippen LogP contribution in [0.25, 0.3) is 16.8 Å². The number of rotatable bonds is 4. The van der Waals surface area contributed by atoms with E-state index in [0.717, 1.165) is 20.9 Å². The molecule has 1 heterocycles. The maximum Gasteiger partial charge on any atom is 0.264 e. The number of amidine groups is 1. The number of hydrogen-bond donors (Lipinski definition) is 1. The van der Waals surface area contributed by atoms with Crippen molar-refractivity contribution in [3.05, 3.63) is 75.6 Å². The number of carbonyl (C=O) groups excluding carboxylic acids is 1. The zero-order valence-electron chi connectivity index (χ0n) is 15.1. The second-order valence-corrected chi connectivity index (χ2v) is 8.06. The third-order valence-corrected chi connectivity index (χ3v) is 5.59. The van der Waals surface area contributed by atoms with E-state index in [1.165, 1.54) is 11.8 Å². The van der Waals surface area contributed by atoms with Crippen LogP contribution < -0.4 is 10.1 Å². The summed E-state index contributed by atoms with van der Waals surface area (Å²) in [7, 11) is 0. The minimum Gasteiger partial charge on any atom is -0.478 e. The lowest BCUT2D eigenvalue weighted by Crippen LogP contribution is -2.19. The average Bonchev–Trinajstić information content (AvgIpc) is 3.06. The Morgan fingerprint density at radius 1 is 1.17 bits per heavy atom. The second-order valence-electron chi connectivity index (χ2n) is 6.11. The van der Waals surface area contributed by atoms with Gasteiger partial charge in [-0.2, -0.15) is 5.26 Å². The first kappa shape index (κ1) is 19.2. The SMILES string of the molecule is N#CCOc1ccc(Br)cc1/C=C1\SC(=Nc2cccc3ccccc23)NC1=O. The number of carbonyl (C=O) groups is 1. The molecule has 0 atom stereocenters. The van der Waals surface area contributed by atoms with Crippen LogP contribution >= 0.6 is 27.7 Å². The van der Waals surface area contributed by atoms with Crippen LogP contribution in [-0.4, -0.2) is 17.7 Å². The smallest absolute Gasteiger partial charge is 0.264 e. The number of nitrogens with zero attached hydrogens (tertiary/aromatic N) is 2. The first-order valence-electron chi connectivity index (χ1n) is 8.71. The van der Waals surface area contributed by atoms with Crippen LogP contribution in [0.1, 0.15) is 5.56 Å². The molecule has 5 nitrogen and oxygen atoms in total. The molecular weight excluding hydrogens is 450 g/mol. The standard InChI is InChI=1S/C22H14BrN3O2S/c23-16-8-9-19(28-11-10-24)15(12-16)13-20-21(27)26-22(29-20)25-18-7-3-5-14-4-1-2-6-17(14)18/h1-9,12-13H,11H2,(H,25,26,27)/b20-13-. The van der Waals surface area contributed by atoms with Crippen LogP contribution in [0.2, 0.25) is 0 Å². The van der Waals surface area contributed by atoms with E-state index in [2.05, 4.69) is 26.2 Å². The first-order valence-corrected chi connectivity index (χ1v) is 10.3. The Morgan fingerprint density at radius 2 is 2.00 bits per heavy atom. The fourth-order valence-corrected chi connectivity index (χ4v) is 4.11. The molecule has 3 aromatic carbocycles. The van der Waals surface area contributed by atoms with Gasteiger partial charge in [0.1, 0.15) is 11.8 Å². The maximum absolute atomic E-state index is 12.5. The molecule has 1 amide bonds. The van der Waals surface area contributed by atoms with E-state index in [0.29, 0.717) is 21.4 Å². The largest absolute Gasteiger partial charge is 0.478 e. The number of halogens is 1. The number of nitriles is 1. The van der Waals surface area contributed by atoms with Gasteiger partial charge < -0.3 is 10.1 Å². The van der Waals surface area contributed by atoms with E-state index < -0.39 is 0 Å². The molecule has 1 saturated heterocycles. The lowest BCUT2D eigenvalue weighted by molar-refractivity contribution is -0.115. The van der Waals surface area contributed by atoms with Crippen LogP contribution in [0.5, 0.6) is 5.75 Å². The van der Waals surface area contributed by atoms with Gasteiger partial charge in [-0.1, -0.05) is 52.3 Å².